The molecular formula is C14H32N2O. The van der Waals surface area contributed by atoms with Gasteiger partial charge in [-0.05, 0) is 39.7 Å². The lowest BCUT2D eigenvalue weighted by Crippen LogP contribution is -2.39. The number of nitrogens with zero attached hydrogens (tertiary/aromatic N) is 1. The van der Waals surface area contributed by atoms with Gasteiger partial charge in [0.05, 0.1) is 0 Å². The van der Waals surface area contributed by atoms with E-state index < -0.39 is 0 Å². The van der Waals surface area contributed by atoms with Gasteiger partial charge in [-0.25, -0.2) is 0 Å². The van der Waals surface area contributed by atoms with Crippen LogP contribution in [0.1, 0.15) is 41.0 Å². The van der Waals surface area contributed by atoms with Crippen LogP contribution in [0.3, 0.4) is 0 Å². The fraction of sp³-hybridized carbons (Fsp3) is 1.00. The zero-order chi connectivity index (χ0) is 13.1. The molecule has 0 aromatic rings. The average Bonchev–Trinajstić information content (AvgIpc) is 2.25. The molecule has 0 fully saturated rings. The van der Waals surface area contributed by atoms with Crippen LogP contribution < -0.4 is 5.32 Å². The fourth-order valence-electron chi connectivity index (χ4n) is 1.82. The number of nitrogens with one attached hydrogen (secondary N) is 1. The summed E-state index contributed by atoms with van der Waals surface area (Å²) in [5, 5.41) is 3.48. The summed E-state index contributed by atoms with van der Waals surface area (Å²) in [5.41, 5.74) is 0. The maximum atomic E-state index is 5.30. The highest BCUT2D eigenvalue weighted by atomic mass is 16.5. The van der Waals surface area contributed by atoms with Crippen molar-refractivity contribution in [2.24, 2.45) is 5.92 Å². The highest BCUT2D eigenvalue weighted by Crippen LogP contribution is 2.02. The molecule has 0 heterocycles. The number of hydrogen-bond acceptors (Lipinski definition) is 3. The number of hydrogen-bond donors (Lipinski definition) is 1. The van der Waals surface area contributed by atoms with Gasteiger partial charge in [-0.2, -0.15) is 0 Å². The Kier molecular flexibility index (Phi) is 10.9. The van der Waals surface area contributed by atoms with E-state index in [0.717, 1.165) is 45.2 Å². The van der Waals surface area contributed by atoms with Crippen molar-refractivity contribution < 1.29 is 4.74 Å². The second kappa shape index (κ2) is 11.0. The molecule has 0 atom stereocenters. The molecule has 0 amide bonds. The summed E-state index contributed by atoms with van der Waals surface area (Å²) in [6.07, 6.45) is 1.11. The van der Waals surface area contributed by atoms with E-state index >= 15 is 0 Å². The van der Waals surface area contributed by atoms with Crippen molar-refractivity contribution in [1.29, 1.82) is 0 Å². The molecule has 3 nitrogen and oxygen atoms in total. The van der Waals surface area contributed by atoms with Crippen LogP contribution in [0.2, 0.25) is 0 Å². The summed E-state index contributed by atoms with van der Waals surface area (Å²) in [6, 6.07) is 0.641. The lowest BCUT2D eigenvalue weighted by Gasteiger charge is -2.28. The quantitative estimate of drug-likeness (QED) is 0.565. The van der Waals surface area contributed by atoms with Gasteiger partial charge in [-0.3, -0.25) is 4.90 Å². The molecule has 3 heteroatoms. The minimum atomic E-state index is 0.641. The number of ether oxygens (including phenoxy) is 1. The van der Waals surface area contributed by atoms with Crippen LogP contribution in [0.4, 0.5) is 0 Å². The molecule has 104 valence electrons. The lowest BCUT2D eigenvalue weighted by molar-refractivity contribution is 0.144. The third kappa shape index (κ3) is 10.7. The highest BCUT2D eigenvalue weighted by molar-refractivity contribution is 4.66. The van der Waals surface area contributed by atoms with Crippen LogP contribution >= 0.6 is 0 Å². The Bertz CT molecular complexity index is 160. The van der Waals surface area contributed by atoms with Crippen molar-refractivity contribution in [2.45, 2.75) is 47.1 Å². The molecule has 0 aromatic carbocycles. The minimum Gasteiger partial charge on any atom is -0.382 e. The van der Waals surface area contributed by atoms with Crippen LogP contribution in [-0.2, 0) is 4.74 Å². The van der Waals surface area contributed by atoms with E-state index in [2.05, 4.69) is 37.9 Å². The Morgan fingerprint density at radius 1 is 1.12 bits per heavy atom. The summed E-state index contributed by atoms with van der Waals surface area (Å²) in [6.45, 7) is 17.3. The Labute approximate surface area is 108 Å². The molecule has 0 aliphatic rings. The first kappa shape index (κ1) is 16.9. The molecule has 0 saturated heterocycles. The predicted octanol–water partition coefficient (Wildman–Crippen LogP) is 2.37. The SMILES string of the molecule is CCOCCCNCCN(CC(C)C)C(C)C. The van der Waals surface area contributed by atoms with Crippen LogP contribution in [0.25, 0.3) is 0 Å². The molecule has 0 aliphatic heterocycles. The number of rotatable bonds is 11. The van der Waals surface area contributed by atoms with Crippen LogP contribution in [0.5, 0.6) is 0 Å². The molecule has 0 bridgehead atoms. The molecule has 1 N–H and O–H groups in total. The summed E-state index contributed by atoms with van der Waals surface area (Å²) < 4.78 is 5.30. The van der Waals surface area contributed by atoms with E-state index in [1.165, 1.54) is 6.54 Å². The monoisotopic (exact) mass is 244 g/mol. The van der Waals surface area contributed by atoms with Crippen LogP contribution in [0, 0.1) is 5.92 Å². The summed E-state index contributed by atoms with van der Waals surface area (Å²) in [7, 11) is 0. The van der Waals surface area contributed by atoms with Crippen molar-refractivity contribution in [3.63, 3.8) is 0 Å². The van der Waals surface area contributed by atoms with Gasteiger partial charge >= 0.3 is 0 Å². The van der Waals surface area contributed by atoms with Gasteiger partial charge in [-0.1, -0.05) is 13.8 Å². The zero-order valence-corrected chi connectivity index (χ0v) is 12.5. The standard InChI is InChI=1S/C14H32N2O/c1-6-17-11-7-8-15-9-10-16(14(4)5)12-13(2)3/h13-15H,6-12H2,1-5H3. The van der Waals surface area contributed by atoms with E-state index in [1.54, 1.807) is 0 Å². The zero-order valence-electron chi connectivity index (χ0n) is 12.5. The molecule has 0 radical (unpaired) electrons. The van der Waals surface area contributed by atoms with Gasteiger partial charge in [0.25, 0.3) is 0 Å². The van der Waals surface area contributed by atoms with Crippen LogP contribution in [0.15, 0.2) is 0 Å². The van der Waals surface area contributed by atoms with E-state index in [9.17, 15) is 0 Å². The van der Waals surface area contributed by atoms with Crippen molar-refractivity contribution >= 4 is 0 Å². The van der Waals surface area contributed by atoms with Gasteiger partial charge in [-0.15, -0.1) is 0 Å². The molecule has 0 aromatic heterocycles. The second-order valence-corrected chi connectivity index (χ2v) is 5.28. The first-order valence-electron chi connectivity index (χ1n) is 7.10. The topological polar surface area (TPSA) is 24.5 Å². The van der Waals surface area contributed by atoms with Gasteiger partial charge in [0.1, 0.15) is 0 Å². The molecule has 0 aliphatic carbocycles. The van der Waals surface area contributed by atoms with E-state index in [0.29, 0.717) is 6.04 Å². The molecule has 0 saturated carbocycles. The van der Waals surface area contributed by atoms with E-state index in [1.807, 2.05) is 6.92 Å². The Morgan fingerprint density at radius 2 is 1.82 bits per heavy atom. The van der Waals surface area contributed by atoms with Crippen LogP contribution in [-0.4, -0.2) is 50.3 Å². The van der Waals surface area contributed by atoms with Crippen molar-refractivity contribution in [3.05, 3.63) is 0 Å². The van der Waals surface area contributed by atoms with Gasteiger partial charge in [0, 0.05) is 38.9 Å². The summed E-state index contributed by atoms with van der Waals surface area (Å²) in [5.74, 6) is 0.746. The molecular weight excluding hydrogens is 212 g/mol. The Morgan fingerprint density at radius 3 is 2.35 bits per heavy atom. The Hall–Kier alpha value is -0.120. The maximum absolute atomic E-state index is 5.30. The van der Waals surface area contributed by atoms with Gasteiger partial charge in [0.15, 0.2) is 0 Å². The third-order valence-electron chi connectivity index (χ3n) is 2.75. The highest BCUT2D eigenvalue weighted by Gasteiger charge is 2.09. The molecule has 0 spiro atoms. The second-order valence-electron chi connectivity index (χ2n) is 5.28. The third-order valence-corrected chi connectivity index (χ3v) is 2.75. The molecule has 0 rings (SSSR count). The van der Waals surface area contributed by atoms with Crippen molar-refractivity contribution in [3.8, 4) is 0 Å². The van der Waals surface area contributed by atoms with Crippen molar-refractivity contribution in [2.75, 3.05) is 39.4 Å². The smallest absolute Gasteiger partial charge is 0.0477 e. The maximum Gasteiger partial charge on any atom is 0.0477 e. The van der Waals surface area contributed by atoms with E-state index in [4.69, 9.17) is 4.74 Å². The molecule has 17 heavy (non-hydrogen) atoms. The summed E-state index contributed by atoms with van der Waals surface area (Å²) >= 11 is 0. The average molecular weight is 244 g/mol. The fourth-order valence-corrected chi connectivity index (χ4v) is 1.82. The summed E-state index contributed by atoms with van der Waals surface area (Å²) in [4.78, 5) is 2.54. The van der Waals surface area contributed by atoms with Gasteiger partial charge < -0.3 is 10.1 Å². The first-order chi connectivity index (χ1) is 8.07. The predicted molar refractivity (Wildman–Crippen MR) is 75.5 cm³/mol. The minimum absolute atomic E-state index is 0.641. The molecule has 0 unspecified atom stereocenters. The van der Waals surface area contributed by atoms with E-state index in [-0.39, 0.29) is 0 Å². The Balaban J connectivity index is 3.48. The lowest BCUT2D eigenvalue weighted by atomic mass is 10.2. The largest absolute Gasteiger partial charge is 0.382 e. The van der Waals surface area contributed by atoms with Gasteiger partial charge in [0.2, 0.25) is 0 Å². The first-order valence-corrected chi connectivity index (χ1v) is 7.10. The normalized spacial score (nSPS) is 12.0. The van der Waals surface area contributed by atoms with Crippen molar-refractivity contribution in [1.82, 2.24) is 10.2 Å².